The van der Waals surface area contributed by atoms with Crippen LogP contribution in [-0.4, -0.2) is 58.0 Å². The number of aromatic nitrogens is 2. The minimum atomic E-state index is -0.357. The third-order valence-corrected chi connectivity index (χ3v) is 4.55. The number of morpholine rings is 1. The molecular weight excluding hydrogens is 284 g/mol. The minimum Gasteiger partial charge on any atom is -0.363 e. The smallest absolute Gasteiger partial charge is 0.274 e. The van der Waals surface area contributed by atoms with E-state index in [9.17, 15) is 9.59 Å². The summed E-state index contributed by atoms with van der Waals surface area (Å²) in [6, 6.07) is -0.0369. The lowest BCUT2D eigenvalue weighted by Crippen LogP contribution is -2.63. The van der Waals surface area contributed by atoms with Crippen molar-refractivity contribution in [2.24, 2.45) is 0 Å². The molecule has 2 aliphatic rings. The number of carbonyl (C=O) groups excluding carboxylic acids is 2. The van der Waals surface area contributed by atoms with E-state index in [1.807, 2.05) is 13.8 Å². The standard InChI is InChI=1S/C15H20N4O3/c1-10-7-17-12(8-16-10)14(21)19-5-3-15(4-6-19)11(2)18-13(20)9-22-15/h7-8,11H,3-6,9H2,1-2H3,(H,18,20). The van der Waals surface area contributed by atoms with Crippen molar-refractivity contribution >= 4 is 11.8 Å². The second-order valence-corrected chi connectivity index (χ2v) is 5.98. The monoisotopic (exact) mass is 304 g/mol. The van der Waals surface area contributed by atoms with Gasteiger partial charge in [-0.25, -0.2) is 4.98 Å². The van der Waals surface area contributed by atoms with Crippen molar-refractivity contribution in [1.82, 2.24) is 20.2 Å². The number of carbonyl (C=O) groups is 2. The van der Waals surface area contributed by atoms with Crippen molar-refractivity contribution in [1.29, 1.82) is 0 Å². The number of amides is 2. The molecule has 0 bridgehead atoms. The number of nitrogens with one attached hydrogen (secondary N) is 1. The predicted molar refractivity (Wildman–Crippen MR) is 78.2 cm³/mol. The maximum Gasteiger partial charge on any atom is 0.274 e. The lowest BCUT2D eigenvalue weighted by molar-refractivity contribution is -0.158. The summed E-state index contributed by atoms with van der Waals surface area (Å²) in [5.74, 6) is -0.179. The van der Waals surface area contributed by atoms with Crippen LogP contribution in [0, 0.1) is 6.92 Å². The first kappa shape index (κ1) is 14.9. The second kappa shape index (κ2) is 5.64. The van der Waals surface area contributed by atoms with E-state index in [0.717, 1.165) is 5.69 Å². The zero-order valence-electron chi connectivity index (χ0n) is 12.8. The van der Waals surface area contributed by atoms with Crippen LogP contribution in [0.3, 0.4) is 0 Å². The number of aryl methyl sites for hydroxylation is 1. The van der Waals surface area contributed by atoms with Crippen molar-refractivity contribution in [3.63, 3.8) is 0 Å². The fourth-order valence-electron chi connectivity index (χ4n) is 3.08. The Morgan fingerprint density at radius 1 is 1.36 bits per heavy atom. The molecular formula is C15H20N4O3. The Labute approximate surface area is 129 Å². The van der Waals surface area contributed by atoms with Crippen LogP contribution in [0.5, 0.6) is 0 Å². The van der Waals surface area contributed by atoms with Crippen molar-refractivity contribution in [2.45, 2.75) is 38.3 Å². The SMILES string of the molecule is Cc1cnc(C(=O)N2CCC3(CC2)OCC(=O)NC3C)cn1. The van der Waals surface area contributed by atoms with Crippen molar-refractivity contribution in [3.05, 3.63) is 23.8 Å². The molecule has 2 fully saturated rings. The first-order chi connectivity index (χ1) is 10.5. The number of hydrogen-bond donors (Lipinski definition) is 1. The molecule has 118 valence electrons. The van der Waals surface area contributed by atoms with E-state index >= 15 is 0 Å². The second-order valence-electron chi connectivity index (χ2n) is 5.98. The van der Waals surface area contributed by atoms with Crippen LogP contribution in [0.1, 0.15) is 35.9 Å². The first-order valence-electron chi connectivity index (χ1n) is 7.51. The molecule has 1 N–H and O–H groups in total. The molecule has 0 aromatic carbocycles. The zero-order valence-corrected chi connectivity index (χ0v) is 12.8. The largest absolute Gasteiger partial charge is 0.363 e. The Morgan fingerprint density at radius 3 is 2.68 bits per heavy atom. The molecule has 1 spiro atoms. The Bertz CT molecular complexity index is 579. The van der Waals surface area contributed by atoms with Crippen molar-refractivity contribution in [3.8, 4) is 0 Å². The number of rotatable bonds is 1. The third-order valence-electron chi connectivity index (χ3n) is 4.55. The highest BCUT2D eigenvalue weighted by Gasteiger charge is 2.45. The highest BCUT2D eigenvalue weighted by atomic mass is 16.5. The quantitative estimate of drug-likeness (QED) is 0.806. The van der Waals surface area contributed by atoms with Gasteiger partial charge in [0, 0.05) is 19.3 Å². The molecule has 1 atom stereocenters. The van der Waals surface area contributed by atoms with E-state index in [0.29, 0.717) is 31.6 Å². The summed E-state index contributed by atoms with van der Waals surface area (Å²) in [4.78, 5) is 33.8. The molecule has 1 aromatic heterocycles. The van der Waals surface area contributed by atoms with Crippen molar-refractivity contribution in [2.75, 3.05) is 19.7 Å². The van der Waals surface area contributed by atoms with Gasteiger partial charge in [0.25, 0.3) is 5.91 Å². The third kappa shape index (κ3) is 2.68. The summed E-state index contributed by atoms with van der Waals surface area (Å²) < 4.78 is 5.80. The van der Waals surface area contributed by atoms with Gasteiger partial charge in [0.15, 0.2) is 0 Å². The Kier molecular flexibility index (Phi) is 3.82. The first-order valence-corrected chi connectivity index (χ1v) is 7.51. The molecule has 3 rings (SSSR count). The molecule has 0 aliphatic carbocycles. The number of nitrogens with zero attached hydrogens (tertiary/aromatic N) is 3. The molecule has 22 heavy (non-hydrogen) atoms. The number of hydrogen-bond acceptors (Lipinski definition) is 5. The van der Waals surface area contributed by atoms with E-state index in [2.05, 4.69) is 15.3 Å². The number of piperidine rings is 1. The minimum absolute atomic E-state index is 0.0369. The van der Waals surface area contributed by atoms with Crippen LogP contribution in [0.4, 0.5) is 0 Å². The maximum absolute atomic E-state index is 12.4. The Morgan fingerprint density at radius 2 is 2.09 bits per heavy atom. The van der Waals surface area contributed by atoms with Gasteiger partial charge in [-0.2, -0.15) is 0 Å². The van der Waals surface area contributed by atoms with Gasteiger partial charge in [0.2, 0.25) is 5.91 Å². The van der Waals surface area contributed by atoms with Crippen LogP contribution in [0.15, 0.2) is 12.4 Å². The van der Waals surface area contributed by atoms with Gasteiger partial charge in [-0.05, 0) is 26.7 Å². The van der Waals surface area contributed by atoms with Gasteiger partial charge >= 0.3 is 0 Å². The molecule has 1 unspecified atom stereocenters. The Balaban J connectivity index is 1.65. The molecule has 0 saturated carbocycles. The van der Waals surface area contributed by atoms with E-state index in [4.69, 9.17) is 4.74 Å². The Hall–Kier alpha value is -2.02. The van der Waals surface area contributed by atoms with Crippen molar-refractivity contribution < 1.29 is 14.3 Å². The normalized spacial score (nSPS) is 24.2. The van der Waals surface area contributed by atoms with Gasteiger partial charge in [0.1, 0.15) is 12.3 Å². The predicted octanol–water partition coefficient (Wildman–Crippen LogP) is 0.295. The molecule has 0 radical (unpaired) electrons. The lowest BCUT2D eigenvalue weighted by Gasteiger charge is -2.47. The highest BCUT2D eigenvalue weighted by molar-refractivity contribution is 5.92. The average molecular weight is 304 g/mol. The molecule has 2 saturated heterocycles. The summed E-state index contributed by atoms with van der Waals surface area (Å²) in [7, 11) is 0. The maximum atomic E-state index is 12.4. The lowest BCUT2D eigenvalue weighted by atomic mass is 9.83. The van der Waals surface area contributed by atoms with Gasteiger partial charge in [-0.15, -0.1) is 0 Å². The van der Waals surface area contributed by atoms with E-state index < -0.39 is 0 Å². The van der Waals surface area contributed by atoms with Gasteiger partial charge < -0.3 is 15.0 Å². The summed E-state index contributed by atoms with van der Waals surface area (Å²) in [5, 5.41) is 2.93. The van der Waals surface area contributed by atoms with Crippen LogP contribution < -0.4 is 5.32 Å². The molecule has 7 heteroatoms. The number of ether oxygens (including phenoxy) is 1. The van der Waals surface area contributed by atoms with Gasteiger partial charge in [-0.3, -0.25) is 14.6 Å². The van der Waals surface area contributed by atoms with Gasteiger partial charge in [-0.1, -0.05) is 0 Å². The van der Waals surface area contributed by atoms with E-state index in [-0.39, 0.29) is 30.1 Å². The molecule has 7 nitrogen and oxygen atoms in total. The fraction of sp³-hybridized carbons (Fsp3) is 0.600. The summed E-state index contributed by atoms with van der Waals surface area (Å²) in [6.07, 6.45) is 4.53. The van der Waals surface area contributed by atoms with E-state index in [1.165, 1.54) is 6.20 Å². The van der Waals surface area contributed by atoms with Crippen LogP contribution in [0.25, 0.3) is 0 Å². The molecule has 2 aliphatic heterocycles. The summed E-state index contributed by atoms with van der Waals surface area (Å²) >= 11 is 0. The van der Waals surface area contributed by atoms with Gasteiger partial charge in [0.05, 0.1) is 23.5 Å². The average Bonchev–Trinajstić information content (AvgIpc) is 2.52. The van der Waals surface area contributed by atoms with Crippen LogP contribution >= 0.6 is 0 Å². The van der Waals surface area contributed by atoms with E-state index in [1.54, 1.807) is 11.1 Å². The fourth-order valence-corrected chi connectivity index (χ4v) is 3.08. The topological polar surface area (TPSA) is 84.4 Å². The molecule has 1 aromatic rings. The molecule has 2 amide bonds. The highest BCUT2D eigenvalue weighted by Crippen LogP contribution is 2.32. The number of likely N-dealkylation sites (tertiary alicyclic amines) is 1. The zero-order chi connectivity index (χ0) is 15.7. The molecule has 3 heterocycles. The van der Waals surface area contributed by atoms with Crippen LogP contribution in [0.2, 0.25) is 0 Å². The van der Waals surface area contributed by atoms with Crippen LogP contribution in [-0.2, 0) is 9.53 Å². The summed E-state index contributed by atoms with van der Waals surface area (Å²) in [6.45, 7) is 5.08. The summed E-state index contributed by atoms with van der Waals surface area (Å²) in [5.41, 5.74) is 0.797.